The molecule has 0 radical (unpaired) electrons. The van der Waals surface area contributed by atoms with Crippen LogP contribution in [0.1, 0.15) is 67.1 Å². The van der Waals surface area contributed by atoms with E-state index in [4.69, 9.17) is 28.4 Å². The van der Waals surface area contributed by atoms with Crippen LogP contribution in [0.2, 0.25) is 0 Å². The number of alkyl halides is 6. The molecular weight excluding hydrogens is 835 g/mol. The molecule has 2 aromatic heterocycles. The normalized spacial score (nSPS) is 21.4. The summed E-state index contributed by atoms with van der Waals surface area (Å²) >= 11 is 0. The Morgan fingerprint density at radius 2 is 1.17 bits per heavy atom. The number of sulfone groups is 2. The van der Waals surface area contributed by atoms with Crippen molar-refractivity contribution >= 4 is 19.7 Å². The first-order valence-electron chi connectivity index (χ1n) is 17.9. The molecule has 0 saturated carbocycles. The first-order chi connectivity index (χ1) is 27.7. The zero-order chi connectivity index (χ0) is 43.4. The maximum Gasteiger partial charge on any atom is 0.416 e. The smallest absolute Gasteiger partial charge is 0.416 e. The minimum Gasteiger partial charge on any atom is -0.496 e. The van der Waals surface area contributed by atoms with E-state index in [1.165, 1.54) is 59.9 Å². The molecule has 4 heterocycles. The summed E-state index contributed by atoms with van der Waals surface area (Å²) in [6.45, 7) is 1.79. The molecule has 0 aliphatic carbocycles. The largest absolute Gasteiger partial charge is 0.496 e. The third-order valence-corrected chi connectivity index (χ3v) is 14.9. The SMILES string of the molecule is COc1cc(OC)c(C2CC(C)(S(=O)(=O)c3cccc(C(F)(F)F)c3)CCO2)cn1.COc1cc(OC)c(C2CC(S(=O)(=O)c3cccc(C(F)(F)F)c3)CCO2)cn1. The fourth-order valence-electron chi connectivity index (χ4n) is 6.76. The monoisotopic (exact) mass is 876 g/mol. The first kappa shape index (κ1) is 45.4. The summed E-state index contributed by atoms with van der Waals surface area (Å²) < 4.78 is 162. The Labute approximate surface area is 337 Å². The predicted octanol–water partition coefficient (Wildman–Crippen LogP) is 8.01. The van der Waals surface area contributed by atoms with Gasteiger partial charge in [0.05, 0.1) is 71.6 Å². The number of ether oxygens (including phenoxy) is 6. The van der Waals surface area contributed by atoms with Gasteiger partial charge in [-0.2, -0.15) is 26.3 Å². The number of methoxy groups -OCH3 is 4. The van der Waals surface area contributed by atoms with Gasteiger partial charge in [-0.1, -0.05) is 12.1 Å². The van der Waals surface area contributed by atoms with Gasteiger partial charge in [-0.25, -0.2) is 26.8 Å². The highest BCUT2D eigenvalue weighted by molar-refractivity contribution is 7.93. The molecule has 4 aromatic rings. The van der Waals surface area contributed by atoms with Gasteiger partial charge >= 0.3 is 12.4 Å². The fourth-order valence-corrected chi connectivity index (χ4v) is 10.4. The molecule has 2 fully saturated rings. The van der Waals surface area contributed by atoms with Gasteiger partial charge in [0.2, 0.25) is 11.8 Å². The Balaban J connectivity index is 0.000000224. The van der Waals surface area contributed by atoms with Crippen LogP contribution in [0.3, 0.4) is 0 Å². The summed E-state index contributed by atoms with van der Waals surface area (Å²) in [5.74, 6) is 1.51. The Morgan fingerprint density at radius 1 is 0.678 bits per heavy atom. The van der Waals surface area contributed by atoms with E-state index in [0.29, 0.717) is 46.5 Å². The number of hydrogen-bond acceptors (Lipinski definition) is 12. The molecule has 2 aliphatic rings. The third kappa shape index (κ3) is 10.0. The number of halogens is 6. The van der Waals surface area contributed by atoms with Crippen molar-refractivity contribution in [2.45, 2.75) is 77.0 Å². The lowest BCUT2D eigenvalue weighted by Crippen LogP contribution is -2.42. The molecule has 2 aromatic carbocycles. The second-order valence-electron chi connectivity index (χ2n) is 13.8. The van der Waals surface area contributed by atoms with E-state index in [1.807, 2.05) is 0 Å². The molecule has 322 valence electrons. The number of nitrogens with zero attached hydrogens (tertiary/aromatic N) is 2. The van der Waals surface area contributed by atoms with Crippen LogP contribution in [-0.4, -0.2) is 78.5 Å². The average molecular weight is 877 g/mol. The van der Waals surface area contributed by atoms with Crippen LogP contribution in [0.5, 0.6) is 23.3 Å². The Hall–Kier alpha value is -4.66. The van der Waals surface area contributed by atoms with Gasteiger partial charge in [0.1, 0.15) is 11.5 Å². The molecular formula is C39H42F6N2O10S2. The van der Waals surface area contributed by atoms with E-state index < -0.39 is 65.4 Å². The van der Waals surface area contributed by atoms with Crippen LogP contribution in [0.25, 0.3) is 0 Å². The second kappa shape index (κ2) is 17.9. The van der Waals surface area contributed by atoms with Gasteiger partial charge in [0.25, 0.3) is 0 Å². The number of pyridine rings is 2. The third-order valence-electron chi connectivity index (χ3n) is 10.1. The Bertz CT molecular complexity index is 2330. The van der Waals surface area contributed by atoms with Crippen molar-refractivity contribution in [2.75, 3.05) is 41.7 Å². The summed E-state index contributed by atoms with van der Waals surface area (Å²) in [6.07, 6.45) is -7.11. The van der Waals surface area contributed by atoms with Crippen molar-refractivity contribution in [2.24, 2.45) is 0 Å². The van der Waals surface area contributed by atoms with Crippen molar-refractivity contribution < 1.29 is 71.6 Å². The van der Waals surface area contributed by atoms with Gasteiger partial charge < -0.3 is 28.4 Å². The van der Waals surface area contributed by atoms with E-state index in [9.17, 15) is 43.2 Å². The highest BCUT2D eigenvalue weighted by atomic mass is 32.2. The molecule has 59 heavy (non-hydrogen) atoms. The topological polar surface area (TPSA) is 149 Å². The van der Waals surface area contributed by atoms with Crippen molar-refractivity contribution in [1.29, 1.82) is 0 Å². The maximum atomic E-state index is 13.3. The quantitative estimate of drug-likeness (QED) is 0.142. The number of rotatable bonds is 10. The fraction of sp³-hybridized carbons (Fsp3) is 0.436. The average Bonchev–Trinajstić information content (AvgIpc) is 3.22. The lowest BCUT2D eigenvalue weighted by atomic mass is 9.93. The van der Waals surface area contributed by atoms with E-state index >= 15 is 0 Å². The zero-order valence-electron chi connectivity index (χ0n) is 32.5. The van der Waals surface area contributed by atoms with Gasteiger partial charge in [-0.15, -0.1) is 0 Å². The number of benzene rings is 2. The van der Waals surface area contributed by atoms with Gasteiger partial charge in [0.15, 0.2) is 19.7 Å². The highest BCUT2D eigenvalue weighted by Gasteiger charge is 2.46. The van der Waals surface area contributed by atoms with Crippen LogP contribution < -0.4 is 18.9 Å². The van der Waals surface area contributed by atoms with E-state index in [2.05, 4.69) is 9.97 Å². The van der Waals surface area contributed by atoms with Crippen molar-refractivity contribution in [3.05, 3.63) is 95.3 Å². The summed E-state index contributed by atoms with van der Waals surface area (Å²) in [6, 6.07) is 10.8. The van der Waals surface area contributed by atoms with Crippen molar-refractivity contribution in [1.82, 2.24) is 9.97 Å². The molecule has 0 amide bonds. The molecule has 2 saturated heterocycles. The van der Waals surface area contributed by atoms with Crippen LogP contribution >= 0.6 is 0 Å². The van der Waals surface area contributed by atoms with Gasteiger partial charge in [0, 0.05) is 48.9 Å². The van der Waals surface area contributed by atoms with Gasteiger partial charge in [-0.3, -0.25) is 0 Å². The molecule has 12 nitrogen and oxygen atoms in total. The van der Waals surface area contributed by atoms with Crippen LogP contribution in [0.4, 0.5) is 26.3 Å². The maximum absolute atomic E-state index is 13.3. The zero-order valence-corrected chi connectivity index (χ0v) is 34.1. The Kier molecular flexibility index (Phi) is 13.8. The molecule has 4 atom stereocenters. The lowest BCUT2D eigenvalue weighted by Gasteiger charge is -2.38. The molecule has 0 N–H and O–H groups in total. The minimum absolute atomic E-state index is 0.0376. The van der Waals surface area contributed by atoms with Crippen molar-refractivity contribution in [3.8, 4) is 23.3 Å². The van der Waals surface area contributed by atoms with E-state index in [1.54, 1.807) is 12.1 Å². The van der Waals surface area contributed by atoms with Gasteiger partial charge in [-0.05, 0) is 69.0 Å². The van der Waals surface area contributed by atoms with Crippen LogP contribution in [0, 0.1) is 0 Å². The summed E-state index contributed by atoms with van der Waals surface area (Å²) in [7, 11) is -2.24. The highest BCUT2D eigenvalue weighted by Crippen LogP contribution is 2.45. The van der Waals surface area contributed by atoms with Crippen LogP contribution in [0.15, 0.2) is 82.8 Å². The van der Waals surface area contributed by atoms with Crippen LogP contribution in [-0.2, 0) is 41.5 Å². The standard InChI is InChI=1S/C20H22F3NO5S.C19H20F3NO5S/c1-19(30(25,26)14-6-4-5-13(9-14)20(21,22)23)7-8-29-17(11-19)15-12-24-18(28-3)10-16(15)27-2;1-26-16-10-18(27-2)23-11-15(16)17-9-14(6-7-28-17)29(24,25)13-5-3-4-12(8-13)19(20,21)22/h4-6,9-10,12,17H,7-8,11H2,1-3H3;3-5,8,10-11,14,17H,6-7,9H2,1-2H3. The lowest BCUT2D eigenvalue weighted by molar-refractivity contribution is -0.138. The number of aromatic nitrogens is 2. The molecule has 4 unspecified atom stereocenters. The molecule has 0 bridgehead atoms. The molecule has 6 rings (SSSR count). The summed E-state index contributed by atoms with van der Waals surface area (Å²) in [5.41, 5.74) is -0.902. The first-order valence-corrected chi connectivity index (χ1v) is 20.9. The Morgan fingerprint density at radius 3 is 1.68 bits per heavy atom. The minimum atomic E-state index is -4.63. The molecule has 20 heteroatoms. The number of hydrogen-bond donors (Lipinski definition) is 0. The second-order valence-corrected chi connectivity index (χ2v) is 18.5. The van der Waals surface area contributed by atoms with E-state index in [0.717, 1.165) is 24.3 Å². The summed E-state index contributed by atoms with van der Waals surface area (Å²) in [5, 5.41) is -0.892. The van der Waals surface area contributed by atoms with E-state index in [-0.39, 0.29) is 48.7 Å². The molecule has 2 aliphatic heterocycles. The summed E-state index contributed by atoms with van der Waals surface area (Å²) in [4.78, 5) is 7.53. The molecule has 0 spiro atoms. The van der Waals surface area contributed by atoms with Crippen molar-refractivity contribution in [3.63, 3.8) is 0 Å². The predicted molar refractivity (Wildman–Crippen MR) is 200 cm³/mol.